The molecule has 0 bridgehead atoms. The molecule has 7 nitrogen and oxygen atoms in total. The van der Waals surface area contributed by atoms with Crippen LogP contribution < -0.4 is 10.1 Å². The highest BCUT2D eigenvalue weighted by atomic mass is 19.1. The summed E-state index contributed by atoms with van der Waals surface area (Å²) in [5, 5.41) is 7.33. The SMILES string of the molecule is Cc1ncc(OC2CCN(C)CC2)cc1Nc1ncn(-c2cc(F)cc(F)c2)n1. The summed E-state index contributed by atoms with van der Waals surface area (Å²) in [4.78, 5) is 10.8. The Hall–Kier alpha value is -3.07. The van der Waals surface area contributed by atoms with Crippen molar-refractivity contribution in [3.8, 4) is 11.4 Å². The van der Waals surface area contributed by atoms with Gasteiger partial charge in [-0.15, -0.1) is 5.10 Å². The van der Waals surface area contributed by atoms with E-state index in [0.717, 1.165) is 37.7 Å². The number of halogens is 2. The zero-order valence-electron chi connectivity index (χ0n) is 16.3. The number of nitrogens with zero attached hydrogens (tertiary/aromatic N) is 5. The lowest BCUT2D eigenvalue weighted by molar-refractivity contribution is 0.114. The molecule has 152 valence electrons. The summed E-state index contributed by atoms with van der Waals surface area (Å²) in [6, 6.07) is 5.04. The minimum atomic E-state index is -0.677. The second kappa shape index (κ2) is 8.12. The minimum Gasteiger partial charge on any atom is -0.489 e. The average Bonchev–Trinajstić information content (AvgIpc) is 3.14. The van der Waals surface area contributed by atoms with Crippen LogP contribution in [0.25, 0.3) is 5.69 Å². The molecule has 0 saturated carbocycles. The normalized spacial score (nSPS) is 15.4. The van der Waals surface area contributed by atoms with Crippen LogP contribution in [0.5, 0.6) is 5.75 Å². The van der Waals surface area contributed by atoms with E-state index in [0.29, 0.717) is 11.4 Å². The molecule has 3 aromatic rings. The molecule has 29 heavy (non-hydrogen) atoms. The van der Waals surface area contributed by atoms with E-state index in [1.54, 1.807) is 6.20 Å². The molecule has 1 aliphatic heterocycles. The third-order valence-electron chi connectivity index (χ3n) is 4.88. The molecule has 4 rings (SSSR count). The number of hydrogen-bond donors (Lipinski definition) is 1. The first-order chi connectivity index (χ1) is 14.0. The topological polar surface area (TPSA) is 68.1 Å². The van der Waals surface area contributed by atoms with Crippen molar-refractivity contribution in [2.24, 2.45) is 0 Å². The number of pyridine rings is 1. The predicted octanol–water partition coefficient (Wildman–Crippen LogP) is 3.47. The van der Waals surface area contributed by atoms with Crippen molar-refractivity contribution in [3.05, 3.63) is 54.1 Å². The van der Waals surface area contributed by atoms with E-state index < -0.39 is 11.6 Å². The number of piperidine rings is 1. The third-order valence-corrected chi connectivity index (χ3v) is 4.88. The molecular weight excluding hydrogens is 378 g/mol. The third kappa shape index (κ3) is 4.68. The zero-order valence-corrected chi connectivity index (χ0v) is 16.3. The van der Waals surface area contributed by atoms with Crippen molar-refractivity contribution < 1.29 is 13.5 Å². The Kier molecular flexibility index (Phi) is 5.39. The molecule has 1 aliphatic rings. The van der Waals surface area contributed by atoms with E-state index in [4.69, 9.17) is 4.74 Å². The smallest absolute Gasteiger partial charge is 0.247 e. The molecular formula is C20H22F2N6O. The summed E-state index contributed by atoms with van der Waals surface area (Å²) in [5.74, 6) is -0.386. The summed E-state index contributed by atoms with van der Waals surface area (Å²) in [6.07, 6.45) is 5.22. The molecule has 1 N–H and O–H groups in total. The van der Waals surface area contributed by atoms with Gasteiger partial charge in [-0.3, -0.25) is 4.98 Å². The summed E-state index contributed by atoms with van der Waals surface area (Å²) in [5.41, 5.74) is 1.71. The Morgan fingerprint density at radius 1 is 1.07 bits per heavy atom. The van der Waals surface area contributed by atoms with Gasteiger partial charge in [-0.2, -0.15) is 4.98 Å². The molecule has 0 aliphatic carbocycles. The van der Waals surface area contributed by atoms with Crippen LogP contribution in [-0.2, 0) is 0 Å². The molecule has 0 spiro atoms. The fourth-order valence-electron chi connectivity index (χ4n) is 3.24. The van der Waals surface area contributed by atoms with E-state index in [9.17, 15) is 8.78 Å². The fourth-order valence-corrected chi connectivity index (χ4v) is 3.24. The van der Waals surface area contributed by atoms with Crippen molar-refractivity contribution in [2.45, 2.75) is 25.9 Å². The highest BCUT2D eigenvalue weighted by Crippen LogP contribution is 2.25. The molecule has 1 aromatic carbocycles. The first-order valence-electron chi connectivity index (χ1n) is 9.43. The van der Waals surface area contributed by atoms with Crippen molar-refractivity contribution in [2.75, 3.05) is 25.5 Å². The number of ether oxygens (including phenoxy) is 1. The second-order valence-electron chi connectivity index (χ2n) is 7.19. The molecule has 1 fully saturated rings. The van der Waals surface area contributed by atoms with Crippen LogP contribution in [0.3, 0.4) is 0 Å². The summed E-state index contributed by atoms with van der Waals surface area (Å²) >= 11 is 0. The molecule has 2 aromatic heterocycles. The Labute approximate surface area is 167 Å². The monoisotopic (exact) mass is 400 g/mol. The number of rotatable bonds is 5. The molecule has 1 saturated heterocycles. The van der Waals surface area contributed by atoms with Crippen molar-refractivity contribution in [1.29, 1.82) is 0 Å². The van der Waals surface area contributed by atoms with Gasteiger partial charge in [0.25, 0.3) is 0 Å². The maximum atomic E-state index is 13.4. The fraction of sp³-hybridized carbons (Fsp3) is 0.350. The Morgan fingerprint density at radius 2 is 1.79 bits per heavy atom. The molecule has 0 amide bonds. The van der Waals surface area contributed by atoms with E-state index in [1.165, 1.54) is 23.1 Å². The molecule has 9 heteroatoms. The average molecular weight is 400 g/mol. The van der Waals surface area contributed by atoms with Gasteiger partial charge in [0.2, 0.25) is 5.95 Å². The quantitative estimate of drug-likeness (QED) is 0.707. The van der Waals surface area contributed by atoms with Gasteiger partial charge in [-0.25, -0.2) is 13.5 Å². The Bertz CT molecular complexity index is 980. The van der Waals surface area contributed by atoms with Crippen LogP contribution >= 0.6 is 0 Å². The van der Waals surface area contributed by atoms with E-state index in [-0.39, 0.29) is 17.7 Å². The van der Waals surface area contributed by atoms with Gasteiger partial charge in [0.1, 0.15) is 29.8 Å². The first-order valence-corrected chi connectivity index (χ1v) is 9.43. The molecule has 0 atom stereocenters. The highest BCUT2D eigenvalue weighted by Gasteiger charge is 2.18. The van der Waals surface area contributed by atoms with Crippen LogP contribution in [0.2, 0.25) is 0 Å². The van der Waals surface area contributed by atoms with Gasteiger partial charge in [-0.05, 0) is 38.9 Å². The van der Waals surface area contributed by atoms with Gasteiger partial charge >= 0.3 is 0 Å². The summed E-state index contributed by atoms with van der Waals surface area (Å²) < 4.78 is 34.3. The van der Waals surface area contributed by atoms with E-state index in [1.807, 2.05) is 13.0 Å². The van der Waals surface area contributed by atoms with Gasteiger partial charge < -0.3 is 15.0 Å². The van der Waals surface area contributed by atoms with E-state index in [2.05, 4.69) is 32.3 Å². The zero-order chi connectivity index (χ0) is 20.4. The van der Waals surface area contributed by atoms with Crippen LogP contribution in [0.4, 0.5) is 20.4 Å². The number of nitrogens with one attached hydrogen (secondary N) is 1. The molecule has 3 heterocycles. The predicted molar refractivity (Wildman–Crippen MR) is 105 cm³/mol. The number of aromatic nitrogens is 4. The maximum Gasteiger partial charge on any atom is 0.247 e. The van der Waals surface area contributed by atoms with Gasteiger partial charge in [-0.1, -0.05) is 0 Å². The molecule has 0 radical (unpaired) electrons. The van der Waals surface area contributed by atoms with Crippen LogP contribution in [-0.4, -0.2) is 50.9 Å². The minimum absolute atomic E-state index is 0.170. The lowest BCUT2D eigenvalue weighted by Crippen LogP contribution is -2.35. The van der Waals surface area contributed by atoms with Crippen LogP contribution in [0.1, 0.15) is 18.5 Å². The molecule has 0 unspecified atom stereocenters. The largest absolute Gasteiger partial charge is 0.489 e. The number of hydrogen-bond acceptors (Lipinski definition) is 6. The lowest BCUT2D eigenvalue weighted by atomic mass is 10.1. The number of benzene rings is 1. The maximum absolute atomic E-state index is 13.4. The van der Waals surface area contributed by atoms with Crippen molar-refractivity contribution >= 4 is 11.6 Å². The van der Waals surface area contributed by atoms with Crippen LogP contribution in [0.15, 0.2) is 36.8 Å². The van der Waals surface area contributed by atoms with Gasteiger partial charge in [0.15, 0.2) is 0 Å². The van der Waals surface area contributed by atoms with Gasteiger partial charge in [0.05, 0.1) is 23.3 Å². The Morgan fingerprint density at radius 3 is 2.52 bits per heavy atom. The highest BCUT2D eigenvalue weighted by molar-refractivity contribution is 5.58. The second-order valence-corrected chi connectivity index (χ2v) is 7.19. The number of likely N-dealkylation sites (tertiary alicyclic amines) is 1. The van der Waals surface area contributed by atoms with Crippen LogP contribution in [0, 0.1) is 18.6 Å². The summed E-state index contributed by atoms with van der Waals surface area (Å²) in [7, 11) is 2.11. The number of aryl methyl sites for hydroxylation is 1. The Balaban J connectivity index is 1.48. The summed E-state index contributed by atoms with van der Waals surface area (Å²) in [6.45, 7) is 3.88. The lowest BCUT2D eigenvalue weighted by Gasteiger charge is -2.29. The van der Waals surface area contributed by atoms with Crippen molar-refractivity contribution in [3.63, 3.8) is 0 Å². The van der Waals surface area contributed by atoms with Crippen molar-refractivity contribution in [1.82, 2.24) is 24.6 Å². The first kappa shape index (κ1) is 19.3. The number of anilines is 2. The van der Waals surface area contributed by atoms with E-state index >= 15 is 0 Å². The van der Waals surface area contributed by atoms with Gasteiger partial charge in [0, 0.05) is 25.2 Å². The standard InChI is InChI=1S/C20H22F2N6O/c1-13-19(10-18(11-23-13)29-17-3-5-27(2)6-4-17)25-20-24-12-28(26-20)16-8-14(21)7-15(22)9-16/h7-12,17H,3-6H2,1-2H3,(H,25,26).